The van der Waals surface area contributed by atoms with Crippen LogP contribution in [0.15, 0.2) is 42.5 Å². The monoisotopic (exact) mass is 245 g/mol. The molecule has 1 atom stereocenters. The van der Waals surface area contributed by atoms with E-state index in [1.165, 1.54) is 11.1 Å². The van der Waals surface area contributed by atoms with E-state index >= 15 is 0 Å². The van der Waals surface area contributed by atoms with Gasteiger partial charge in [0.25, 0.3) is 0 Å². The van der Waals surface area contributed by atoms with E-state index in [0.717, 1.165) is 16.1 Å². The van der Waals surface area contributed by atoms with Crippen molar-refractivity contribution in [2.45, 2.75) is 19.9 Å². The summed E-state index contributed by atoms with van der Waals surface area (Å²) in [6.07, 6.45) is 0. The van der Waals surface area contributed by atoms with Gasteiger partial charge in [0.2, 0.25) is 0 Å². The van der Waals surface area contributed by atoms with Crippen LogP contribution in [0.5, 0.6) is 0 Å². The second-order valence-electron chi connectivity index (χ2n) is 4.36. The standard InChI is InChI=1S/C15H16ClN/c1-10-7-8-11(2)13(9-10)15(17)12-5-3-4-6-14(12)16/h3-9,15H,17H2,1-2H3. The molecule has 0 aliphatic heterocycles. The summed E-state index contributed by atoms with van der Waals surface area (Å²) in [4.78, 5) is 0. The molecule has 88 valence electrons. The van der Waals surface area contributed by atoms with Crippen molar-refractivity contribution in [3.63, 3.8) is 0 Å². The molecule has 0 amide bonds. The summed E-state index contributed by atoms with van der Waals surface area (Å²) in [5.74, 6) is 0. The van der Waals surface area contributed by atoms with Gasteiger partial charge in [-0.25, -0.2) is 0 Å². The molecule has 1 nitrogen and oxygen atoms in total. The molecule has 1 unspecified atom stereocenters. The number of rotatable bonds is 2. The molecule has 0 spiro atoms. The maximum atomic E-state index is 6.30. The summed E-state index contributed by atoms with van der Waals surface area (Å²) in [5, 5.41) is 0.723. The van der Waals surface area contributed by atoms with E-state index in [9.17, 15) is 0 Å². The Labute approximate surface area is 107 Å². The highest BCUT2D eigenvalue weighted by molar-refractivity contribution is 6.31. The molecule has 2 aromatic rings. The van der Waals surface area contributed by atoms with Gasteiger partial charge < -0.3 is 5.73 Å². The fraction of sp³-hybridized carbons (Fsp3) is 0.200. The van der Waals surface area contributed by atoms with Crippen molar-refractivity contribution in [3.8, 4) is 0 Å². The molecule has 0 aliphatic carbocycles. The van der Waals surface area contributed by atoms with Crippen molar-refractivity contribution in [2.24, 2.45) is 5.73 Å². The topological polar surface area (TPSA) is 26.0 Å². The summed E-state index contributed by atoms with van der Waals surface area (Å²) in [5.41, 5.74) is 10.8. The molecule has 2 heteroatoms. The molecule has 0 bridgehead atoms. The molecule has 2 N–H and O–H groups in total. The Bertz CT molecular complexity index is 534. The predicted octanol–water partition coefficient (Wildman–Crippen LogP) is 4.00. The second kappa shape index (κ2) is 4.91. The van der Waals surface area contributed by atoms with Crippen LogP contribution in [0.25, 0.3) is 0 Å². The Balaban J connectivity index is 2.47. The molecule has 0 aliphatic rings. The summed E-state index contributed by atoms with van der Waals surface area (Å²) in [6.45, 7) is 4.15. The van der Waals surface area contributed by atoms with Crippen LogP contribution >= 0.6 is 11.6 Å². The maximum Gasteiger partial charge on any atom is 0.0569 e. The van der Waals surface area contributed by atoms with Crippen molar-refractivity contribution in [1.29, 1.82) is 0 Å². The van der Waals surface area contributed by atoms with E-state index < -0.39 is 0 Å². The van der Waals surface area contributed by atoms with Crippen LogP contribution in [0.1, 0.15) is 28.3 Å². The maximum absolute atomic E-state index is 6.30. The van der Waals surface area contributed by atoms with Crippen LogP contribution in [-0.2, 0) is 0 Å². The highest BCUT2D eigenvalue weighted by Crippen LogP contribution is 2.28. The van der Waals surface area contributed by atoms with Crippen LogP contribution in [0, 0.1) is 13.8 Å². The Hall–Kier alpha value is -1.31. The molecule has 2 aromatic carbocycles. The van der Waals surface area contributed by atoms with Crippen molar-refractivity contribution in [3.05, 3.63) is 69.7 Å². The average Bonchev–Trinajstić information content (AvgIpc) is 2.32. The molecule has 0 saturated heterocycles. The van der Waals surface area contributed by atoms with Gasteiger partial charge in [0.1, 0.15) is 0 Å². The minimum atomic E-state index is -0.163. The Morgan fingerprint density at radius 2 is 1.71 bits per heavy atom. The Morgan fingerprint density at radius 1 is 1.00 bits per heavy atom. The van der Waals surface area contributed by atoms with Gasteiger partial charge in [-0.15, -0.1) is 0 Å². The SMILES string of the molecule is Cc1ccc(C)c(C(N)c2ccccc2Cl)c1. The van der Waals surface area contributed by atoms with Crippen LogP contribution in [-0.4, -0.2) is 0 Å². The number of aryl methyl sites for hydroxylation is 2. The molecule has 0 radical (unpaired) electrons. The molecular formula is C15H16ClN. The molecule has 2 rings (SSSR count). The first-order valence-corrected chi connectivity index (χ1v) is 6.04. The van der Waals surface area contributed by atoms with Crippen LogP contribution < -0.4 is 5.73 Å². The lowest BCUT2D eigenvalue weighted by Crippen LogP contribution is -2.13. The average molecular weight is 246 g/mol. The fourth-order valence-corrected chi connectivity index (χ4v) is 2.24. The lowest BCUT2D eigenvalue weighted by atomic mass is 9.94. The van der Waals surface area contributed by atoms with E-state index in [1.54, 1.807) is 0 Å². The minimum absolute atomic E-state index is 0.163. The van der Waals surface area contributed by atoms with E-state index in [0.29, 0.717) is 0 Å². The third kappa shape index (κ3) is 2.51. The third-order valence-corrected chi connectivity index (χ3v) is 3.35. The summed E-state index contributed by atoms with van der Waals surface area (Å²) in [7, 11) is 0. The molecule has 0 saturated carbocycles. The van der Waals surface area contributed by atoms with Crippen molar-refractivity contribution < 1.29 is 0 Å². The molecule has 0 aromatic heterocycles. The Kier molecular flexibility index (Phi) is 3.51. The van der Waals surface area contributed by atoms with Gasteiger partial charge >= 0.3 is 0 Å². The van der Waals surface area contributed by atoms with E-state index in [1.807, 2.05) is 24.3 Å². The molecule has 17 heavy (non-hydrogen) atoms. The smallest absolute Gasteiger partial charge is 0.0569 e. The van der Waals surface area contributed by atoms with Gasteiger partial charge in [-0.2, -0.15) is 0 Å². The van der Waals surface area contributed by atoms with Gasteiger partial charge in [-0.1, -0.05) is 53.6 Å². The van der Waals surface area contributed by atoms with E-state index in [2.05, 4.69) is 32.0 Å². The minimum Gasteiger partial charge on any atom is -0.320 e. The number of halogens is 1. The van der Waals surface area contributed by atoms with Gasteiger partial charge in [0, 0.05) is 5.02 Å². The van der Waals surface area contributed by atoms with Crippen molar-refractivity contribution in [1.82, 2.24) is 0 Å². The number of benzene rings is 2. The number of hydrogen-bond acceptors (Lipinski definition) is 1. The van der Waals surface area contributed by atoms with Gasteiger partial charge in [0.15, 0.2) is 0 Å². The first-order valence-electron chi connectivity index (χ1n) is 5.67. The lowest BCUT2D eigenvalue weighted by Gasteiger charge is -2.17. The number of nitrogens with two attached hydrogens (primary N) is 1. The Morgan fingerprint density at radius 3 is 2.41 bits per heavy atom. The van der Waals surface area contributed by atoms with Crippen LogP contribution in [0.2, 0.25) is 5.02 Å². The van der Waals surface area contributed by atoms with E-state index in [4.69, 9.17) is 17.3 Å². The summed E-state index contributed by atoms with van der Waals surface area (Å²) >= 11 is 6.18. The lowest BCUT2D eigenvalue weighted by molar-refractivity contribution is 0.860. The first kappa shape index (κ1) is 12.2. The van der Waals surface area contributed by atoms with Gasteiger partial charge in [0.05, 0.1) is 6.04 Å². The molecule has 0 fully saturated rings. The van der Waals surface area contributed by atoms with Crippen molar-refractivity contribution >= 4 is 11.6 Å². The fourth-order valence-electron chi connectivity index (χ4n) is 1.99. The van der Waals surface area contributed by atoms with Gasteiger partial charge in [-0.3, -0.25) is 0 Å². The van der Waals surface area contributed by atoms with Crippen LogP contribution in [0.3, 0.4) is 0 Å². The zero-order valence-electron chi connectivity index (χ0n) is 10.1. The summed E-state index contributed by atoms with van der Waals surface area (Å²) < 4.78 is 0. The zero-order chi connectivity index (χ0) is 12.4. The van der Waals surface area contributed by atoms with Crippen molar-refractivity contribution in [2.75, 3.05) is 0 Å². The van der Waals surface area contributed by atoms with Crippen LogP contribution in [0.4, 0.5) is 0 Å². The quantitative estimate of drug-likeness (QED) is 0.850. The largest absolute Gasteiger partial charge is 0.320 e. The molecule has 0 heterocycles. The first-order chi connectivity index (χ1) is 8.09. The number of hydrogen-bond donors (Lipinski definition) is 1. The highest BCUT2D eigenvalue weighted by Gasteiger charge is 2.13. The predicted molar refractivity (Wildman–Crippen MR) is 73.4 cm³/mol. The normalized spacial score (nSPS) is 12.5. The summed E-state index contributed by atoms with van der Waals surface area (Å²) in [6, 6.07) is 13.9. The third-order valence-electron chi connectivity index (χ3n) is 3.01. The zero-order valence-corrected chi connectivity index (χ0v) is 10.8. The van der Waals surface area contributed by atoms with E-state index in [-0.39, 0.29) is 6.04 Å². The second-order valence-corrected chi connectivity index (χ2v) is 4.77. The van der Waals surface area contributed by atoms with Gasteiger partial charge in [-0.05, 0) is 36.6 Å². The highest BCUT2D eigenvalue weighted by atomic mass is 35.5. The molecular weight excluding hydrogens is 230 g/mol.